The van der Waals surface area contributed by atoms with E-state index in [9.17, 15) is 0 Å². The summed E-state index contributed by atoms with van der Waals surface area (Å²) in [5.74, 6) is 0.927. The molecule has 2 heterocycles. The minimum absolute atomic E-state index is 0.404. The van der Waals surface area contributed by atoms with Gasteiger partial charge in [-0.15, -0.1) is 10.2 Å². The number of hydrogen-bond donors (Lipinski definition) is 1. The molecule has 0 amide bonds. The van der Waals surface area contributed by atoms with E-state index in [-0.39, 0.29) is 0 Å². The normalized spacial score (nSPS) is 18.5. The lowest BCUT2D eigenvalue weighted by molar-refractivity contribution is 0.668. The van der Waals surface area contributed by atoms with Crippen molar-refractivity contribution in [1.82, 2.24) is 10.2 Å². The van der Waals surface area contributed by atoms with Gasteiger partial charge in [-0.1, -0.05) is 28.1 Å². The van der Waals surface area contributed by atoms with Crippen molar-refractivity contribution in [2.75, 3.05) is 18.0 Å². The molecule has 2 aromatic rings. The number of halogens is 1. The van der Waals surface area contributed by atoms with Gasteiger partial charge >= 0.3 is 0 Å². The predicted octanol–water partition coefficient (Wildman–Crippen LogP) is 2.83. The molecule has 2 N–H and O–H groups in total. The molecule has 0 bridgehead atoms. The van der Waals surface area contributed by atoms with Gasteiger partial charge in [0.1, 0.15) is 0 Å². The van der Waals surface area contributed by atoms with E-state index in [1.165, 1.54) is 6.42 Å². The summed E-state index contributed by atoms with van der Waals surface area (Å²) in [5.41, 5.74) is 7.76. The Morgan fingerprint density at radius 1 is 1.25 bits per heavy atom. The van der Waals surface area contributed by atoms with E-state index in [0.717, 1.165) is 34.5 Å². The van der Waals surface area contributed by atoms with Gasteiger partial charge in [-0.05, 0) is 37.1 Å². The Labute approximate surface area is 127 Å². The Hall–Kier alpha value is -1.46. The molecule has 104 valence electrons. The summed E-state index contributed by atoms with van der Waals surface area (Å²) >= 11 is 3.47. The van der Waals surface area contributed by atoms with Gasteiger partial charge in [-0.2, -0.15) is 0 Å². The van der Waals surface area contributed by atoms with Gasteiger partial charge in [0.15, 0.2) is 5.82 Å². The molecule has 0 radical (unpaired) electrons. The van der Waals surface area contributed by atoms with E-state index in [2.05, 4.69) is 31.0 Å². The lowest BCUT2D eigenvalue weighted by Gasteiger charge is -2.23. The average molecular weight is 333 g/mol. The number of anilines is 1. The zero-order chi connectivity index (χ0) is 13.9. The SMILES string of the molecule is NCC1CCCN1c1ccc(-c2cccc(Br)c2)nn1. The van der Waals surface area contributed by atoms with Crippen molar-refractivity contribution in [1.29, 1.82) is 0 Å². The van der Waals surface area contributed by atoms with Gasteiger partial charge in [0.05, 0.1) is 5.69 Å². The second-order valence-corrected chi connectivity index (χ2v) is 5.93. The molecule has 1 aliphatic rings. The van der Waals surface area contributed by atoms with Crippen LogP contribution >= 0.6 is 15.9 Å². The number of benzene rings is 1. The zero-order valence-corrected chi connectivity index (χ0v) is 12.8. The topological polar surface area (TPSA) is 55.0 Å². The van der Waals surface area contributed by atoms with Crippen molar-refractivity contribution in [2.45, 2.75) is 18.9 Å². The molecule has 20 heavy (non-hydrogen) atoms. The number of nitrogens with zero attached hydrogens (tertiary/aromatic N) is 3. The van der Waals surface area contributed by atoms with E-state index in [4.69, 9.17) is 5.73 Å². The smallest absolute Gasteiger partial charge is 0.151 e. The molecule has 5 heteroatoms. The molecular weight excluding hydrogens is 316 g/mol. The number of nitrogens with two attached hydrogens (primary N) is 1. The van der Waals surface area contributed by atoms with Crippen molar-refractivity contribution < 1.29 is 0 Å². The number of rotatable bonds is 3. The molecule has 1 saturated heterocycles. The minimum atomic E-state index is 0.404. The van der Waals surface area contributed by atoms with Gasteiger partial charge in [-0.3, -0.25) is 0 Å². The highest BCUT2D eigenvalue weighted by atomic mass is 79.9. The van der Waals surface area contributed by atoms with E-state index in [1.54, 1.807) is 0 Å². The zero-order valence-electron chi connectivity index (χ0n) is 11.2. The van der Waals surface area contributed by atoms with E-state index in [1.807, 2.05) is 36.4 Å². The fraction of sp³-hybridized carbons (Fsp3) is 0.333. The van der Waals surface area contributed by atoms with Crippen LogP contribution < -0.4 is 10.6 Å². The minimum Gasteiger partial charge on any atom is -0.351 e. The van der Waals surface area contributed by atoms with Crippen molar-refractivity contribution in [3.63, 3.8) is 0 Å². The van der Waals surface area contributed by atoms with Crippen LogP contribution in [-0.4, -0.2) is 29.3 Å². The van der Waals surface area contributed by atoms with E-state index < -0.39 is 0 Å². The Kier molecular flexibility index (Phi) is 3.98. The predicted molar refractivity (Wildman–Crippen MR) is 84.6 cm³/mol. The maximum Gasteiger partial charge on any atom is 0.151 e. The third-order valence-electron chi connectivity index (χ3n) is 3.71. The fourth-order valence-corrected chi connectivity index (χ4v) is 3.06. The molecule has 1 fully saturated rings. The third-order valence-corrected chi connectivity index (χ3v) is 4.21. The molecule has 0 aliphatic carbocycles. The van der Waals surface area contributed by atoms with Crippen molar-refractivity contribution in [3.05, 3.63) is 40.9 Å². The Bertz CT molecular complexity index is 585. The second-order valence-electron chi connectivity index (χ2n) is 5.01. The third kappa shape index (κ3) is 2.69. The Morgan fingerprint density at radius 2 is 2.15 bits per heavy atom. The van der Waals surface area contributed by atoms with Crippen LogP contribution in [0, 0.1) is 0 Å². The summed E-state index contributed by atoms with van der Waals surface area (Å²) in [5, 5.41) is 8.72. The van der Waals surface area contributed by atoms with Gasteiger partial charge in [0.25, 0.3) is 0 Å². The first-order chi connectivity index (χ1) is 9.78. The van der Waals surface area contributed by atoms with Crippen LogP contribution in [0.5, 0.6) is 0 Å². The standard InChI is InChI=1S/C15H17BrN4/c16-12-4-1-3-11(9-12)14-6-7-15(19-18-14)20-8-2-5-13(20)10-17/h1,3-4,6-7,9,13H,2,5,8,10,17H2. The van der Waals surface area contributed by atoms with Gasteiger partial charge in [0, 0.05) is 29.2 Å². The molecule has 1 atom stereocenters. The highest BCUT2D eigenvalue weighted by Gasteiger charge is 2.24. The van der Waals surface area contributed by atoms with Crippen LogP contribution in [0.15, 0.2) is 40.9 Å². The summed E-state index contributed by atoms with van der Waals surface area (Å²) in [6, 6.07) is 12.5. The quantitative estimate of drug-likeness (QED) is 0.938. The molecule has 0 saturated carbocycles. The van der Waals surface area contributed by atoms with Crippen molar-refractivity contribution in [2.24, 2.45) is 5.73 Å². The fourth-order valence-electron chi connectivity index (χ4n) is 2.66. The van der Waals surface area contributed by atoms with Crippen LogP contribution in [0.3, 0.4) is 0 Å². The molecule has 4 nitrogen and oxygen atoms in total. The van der Waals surface area contributed by atoms with Gasteiger partial charge in [-0.25, -0.2) is 0 Å². The Balaban J connectivity index is 1.84. The average Bonchev–Trinajstić information content (AvgIpc) is 2.96. The summed E-state index contributed by atoms with van der Waals surface area (Å²) in [6.45, 7) is 1.70. The van der Waals surface area contributed by atoms with Crippen molar-refractivity contribution in [3.8, 4) is 11.3 Å². The summed E-state index contributed by atoms with van der Waals surface area (Å²) in [4.78, 5) is 2.26. The van der Waals surface area contributed by atoms with Crippen molar-refractivity contribution >= 4 is 21.7 Å². The maximum absolute atomic E-state index is 5.80. The first kappa shape index (κ1) is 13.5. The molecule has 1 aliphatic heterocycles. The van der Waals surface area contributed by atoms with Crippen LogP contribution in [-0.2, 0) is 0 Å². The van der Waals surface area contributed by atoms with E-state index in [0.29, 0.717) is 12.6 Å². The molecular formula is C15H17BrN4. The van der Waals surface area contributed by atoms with Gasteiger partial charge < -0.3 is 10.6 Å². The number of hydrogen-bond acceptors (Lipinski definition) is 4. The monoisotopic (exact) mass is 332 g/mol. The first-order valence-electron chi connectivity index (χ1n) is 6.84. The second kappa shape index (κ2) is 5.89. The van der Waals surface area contributed by atoms with Crippen LogP contribution in [0.1, 0.15) is 12.8 Å². The highest BCUT2D eigenvalue weighted by Crippen LogP contribution is 2.25. The number of aromatic nitrogens is 2. The Morgan fingerprint density at radius 3 is 2.85 bits per heavy atom. The molecule has 1 aromatic heterocycles. The largest absolute Gasteiger partial charge is 0.351 e. The first-order valence-corrected chi connectivity index (χ1v) is 7.63. The maximum atomic E-state index is 5.80. The van der Waals surface area contributed by atoms with E-state index >= 15 is 0 Å². The highest BCUT2D eigenvalue weighted by molar-refractivity contribution is 9.10. The molecule has 1 unspecified atom stereocenters. The molecule has 0 spiro atoms. The van der Waals surface area contributed by atoms with Gasteiger partial charge in [0.2, 0.25) is 0 Å². The molecule has 1 aromatic carbocycles. The van der Waals surface area contributed by atoms with Crippen LogP contribution in [0.4, 0.5) is 5.82 Å². The lowest BCUT2D eigenvalue weighted by Crippen LogP contribution is -2.36. The van der Waals surface area contributed by atoms with Crippen LogP contribution in [0.2, 0.25) is 0 Å². The summed E-state index contributed by atoms with van der Waals surface area (Å²) in [6.07, 6.45) is 2.32. The molecule has 3 rings (SSSR count). The lowest BCUT2D eigenvalue weighted by atomic mass is 10.1. The summed E-state index contributed by atoms with van der Waals surface area (Å²) < 4.78 is 1.05. The summed E-state index contributed by atoms with van der Waals surface area (Å²) in [7, 11) is 0. The van der Waals surface area contributed by atoms with Crippen LogP contribution in [0.25, 0.3) is 11.3 Å².